The molecule has 1 aliphatic rings. The van der Waals surface area contributed by atoms with Gasteiger partial charge in [0.15, 0.2) is 5.58 Å². The molecule has 5 rings (SSSR count). The summed E-state index contributed by atoms with van der Waals surface area (Å²) < 4.78 is 5.88. The summed E-state index contributed by atoms with van der Waals surface area (Å²) in [5, 5.41) is 3.20. The van der Waals surface area contributed by atoms with Gasteiger partial charge in [-0.05, 0) is 48.6 Å². The van der Waals surface area contributed by atoms with Crippen LogP contribution >= 0.6 is 0 Å². The standard InChI is InChI=1S/C27H27N3O2/c1-19(20-11-13-22(14-12-20)21-7-3-2-4-8-21)28-26(31)23-15-17-30(18-16-23)27-29-24-9-5-6-10-25(24)32-27/h2-14,19,23H,15-18H2,1H3,(H,28,31). The second-order valence-electron chi connectivity index (χ2n) is 8.44. The summed E-state index contributed by atoms with van der Waals surface area (Å²) in [5.41, 5.74) is 5.16. The maximum Gasteiger partial charge on any atom is 0.298 e. The summed E-state index contributed by atoms with van der Waals surface area (Å²) in [5.74, 6) is 0.142. The van der Waals surface area contributed by atoms with Crippen molar-refractivity contribution >= 4 is 23.0 Å². The molecule has 5 nitrogen and oxygen atoms in total. The van der Waals surface area contributed by atoms with Crippen LogP contribution < -0.4 is 10.2 Å². The summed E-state index contributed by atoms with van der Waals surface area (Å²) in [6, 6.07) is 27.2. The first kappa shape index (κ1) is 20.3. The van der Waals surface area contributed by atoms with Gasteiger partial charge in [-0.15, -0.1) is 0 Å². The number of para-hydroxylation sites is 2. The number of carbonyl (C=O) groups excluding carboxylic acids is 1. The normalized spacial score (nSPS) is 15.6. The summed E-state index contributed by atoms with van der Waals surface area (Å²) >= 11 is 0. The van der Waals surface area contributed by atoms with E-state index in [4.69, 9.17) is 4.42 Å². The van der Waals surface area contributed by atoms with Crippen molar-refractivity contribution in [2.24, 2.45) is 5.92 Å². The molecule has 32 heavy (non-hydrogen) atoms. The molecule has 162 valence electrons. The number of nitrogens with one attached hydrogen (secondary N) is 1. The number of amides is 1. The number of fused-ring (bicyclic) bond motifs is 1. The summed E-state index contributed by atoms with van der Waals surface area (Å²) in [4.78, 5) is 19.6. The molecule has 1 atom stereocenters. The number of hydrogen-bond donors (Lipinski definition) is 1. The van der Waals surface area contributed by atoms with Gasteiger partial charge in [-0.2, -0.15) is 4.98 Å². The Morgan fingerprint density at radius 1 is 0.938 bits per heavy atom. The minimum absolute atomic E-state index is 0.0154. The molecule has 4 aromatic rings. The molecule has 0 bridgehead atoms. The molecule has 0 radical (unpaired) electrons. The first-order chi connectivity index (χ1) is 15.7. The number of carbonyl (C=O) groups is 1. The lowest BCUT2D eigenvalue weighted by Crippen LogP contribution is -2.41. The zero-order valence-corrected chi connectivity index (χ0v) is 18.2. The van der Waals surface area contributed by atoms with Gasteiger partial charge in [0.05, 0.1) is 6.04 Å². The van der Waals surface area contributed by atoms with Crippen LogP contribution in [0.4, 0.5) is 6.01 Å². The van der Waals surface area contributed by atoms with Crippen molar-refractivity contribution in [1.29, 1.82) is 0 Å². The average molecular weight is 426 g/mol. The number of oxazole rings is 1. The van der Waals surface area contributed by atoms with Gasteiger partial charge >= 0.3 is 0 Å². The van der Waals surface area contributed by atoms with Crippen LogP contribution in [0.5, 0.6) is 0 Å². The third kappa shape index (κ3) is 4.24. The van der Waals surface area contributed by atoms with Crippen LogP contribution in [-0.2, 0) is 4.79 Å². The van der Waals surface area contributed by atoms with Crippen LogP contribution in [0.3, 0.4) is 0 Å². The third-order valence-electron chi connectivity index (χ3n) is 6.30. The number of nitrogens with zero attached hydrogens (tertiary/aromatic N) is 2. The van der Waals surface area contributed by atoms with E-state index in [1.54, 1.807) is 0 Å². The van der Waals surface area contributed by atoms with Gasteiger partial charge in [-0.25, -0.2) is 0 Å². The Morgan fingerprint density at radius 2 is 1.59 bits per heavy atom. The minimum Gasteiger partial charge on any atom is -0.423 e. The van der Waals surface area contributed by atoms with Crippen molar-refractivity contribution in [3.63, 3.8) is 0 Å². The van der Waals surface area contributed by atoms with Crippen LogP contribution in [0, 0.1) is 5.92 Å². The van der Waals surface area contributed by atoms with Crippen molar-refractivity contribution in [2.45, 2.75) is 25.8 Å². The van der Waals surface area contributed by atoms with Crippen LogP contribution in [0.25, 0.3) is 22.2 Å². The van der Waals surface area contributed by atoms with E-state index < -0.39 is 0 Å². The van der Waals surface area contributed by atoms with E-state index in [2.05, 4.69) is 51.6 Å². The highest BCUT2D eigenvalue weighted by atomic mass is 16.4. The fourth-order valence-electron chi connectivity index (χ4n) is 4.34. The van der Waals surface area contributed by atoms with Crippen LogP contribution in [0.15, 0.2) is 83.3 Å². The zero-order chi connectivity index (χ0) is 21.9. The molecule has 1 unspecified atom stereocenters. The highest BCUT2D eigenvalue weighted by Gasteiger charge is 2.28. The third-order valence-corrected chi connectivity index (χ3v) is 6.30. The van der Waals surface area contributed by atoms with E-state index in [-0.39, 0.29) is 17.9 Å². The molecular weight excluding hydrogens is 398 g/mol. The average Bonchev–Trinajstić information content (AvgIpc) is 3.29. The number of piperidine rings is 1. The minimum atomic E-state index is -0.0256. The molecule has 1 aromatic heterocycles. The lowest BCUT2D eigenvalue weighted by atomic mass is 9.95. The maximum absolute atomic E-state index is 12.9. The Balaban J connectivity index is 1.17. The molecular formula is C27H27N3O2. The number of aromatic nitrogens is 1. The molecule has 1 saturated heterocycles. The molecule has 0 aliphatic carbocycles. The van der Waals surface area contributed by atoms with Gasteiger partial charge in [-0.1, -0.05) is 66.7 Å². The molecule has 0 spiro atoms. The topological polar surface area (TPSA) is 58.4 Å². The lowest BCUT2D eigenvalue weighted by Gasteiger charge is -2.30. The van der Waals surface area contributed by atoms with Gasteiger partial charge in [0.25, 0.3) is 6.01 Å². The highest BCUT2D eigenvalue weighted by Crippen LogP contribution is 2.27. The Morgan fingerprint density at radius 3 is 2.31 bits per heavy atom. The van der Waals surface area contributed by atoms with Crippen molar-refractivity contribution < 1.29 is 9.21 Å². The predicted molar refractivity (Wildman–Crippen MR) is 127 cm³/mol. The number of hydrogen-bond acceptors (Lipinski definition) is 4. The second-order valence-corrected chi connectivity index (χ2v) is 8.44. The monoisotopic (exact) mass is 425 g/mol. The van der Waals surface area contributed by atoms with Gasteiger partial charge in [0.2, 0.25) is 5.91 Å². The van der Waals surface area contributed by atoms with E-state index in [0.717, 1.165) is 42.6 Å². The molecule has 1 amide bonds. The van der Waals surface area contributed by atoms with Crippen molar-refractivity contribution in [2.75, 3.05) is 18.0 Å². The molecule has 1 N–H and O–H groups in total. The van der Waals surface area contributed by atoms with Gasteiger partial charge in [-0.3, -0.25) is 4.79 Å². The molecule has 2 heterocycles. The van der Waals surface area contributed by atoms with Gasteiger partial charge < -0.3 is 14.6 Å². The first-order valence-electron chi connectivity index (χ1n) is 11.2. The molecule has 0 saturated carbocycles. The molecule has 3 aromatic carbocycles. The molecule has 1 aliphatic heterocycles. The lowest BCUT2D eigenvalue weighted by molar-refractivity contribution is -0.126. The van der Waals surface area contributed by atoms with E-state index in [9.17, 15) is 4.79 Å². The van der Waals surface area contributed by atoms with Crippen molar-refractivity contribution in [1.82, 2.24) is 10.3 Å². The van der Waals surface area contributed by atoms with Crippen LogP contribution in [0.2, 0.25) is 0 Å². The smallest absolute Gasteiger partial charge is 0.298 e. The Bertz CT molecular complexity index is 1160. The first-order valence-corrected chi connectivity index (χ1v) is 11.2. The SMILES string of the molecule is CC(NC(=O)C1CCN(c2nc3ccccc3o2)CC1)c1ccc(-c2ccccc2)cc1. The predicted octanol–water partition coefficient (Wildman–Crippen LogP) is 5.59. The largest absolute Gasteiger partial charge is 0.423 e. The van der Waals surface area contributed by atoms with E-state index in [1.807, 2.05) is 49.4 Å². The van der Waals surface area contributed by atoms with Crippen LogP contribution in [0.1, 0.15) is 31.4 Å². The quantitative estimate of drug-likeness (QED) is 0.453. The summed E-state index contributed by atoms with van der Waals surface area (Å²) in [6.45, 7) is 3.58. The van der Waals surface area contributed by atoms with Crippen molar-refractivity contribution in [3.05, 3.63) is 84.4 Å². The van der Waals surface area contributed by atoms with E-state index >= 15 is 0 Å². The van der Waals surface area contributed by atoms with Crippen LogP contribution in [-0.4, -0.2) is 24.0 Å². The number of benzene rings is 3. The van der Waals surface area contributed by atoms with Gasteiger partial charge in [0.1, 0.15) is 5.52 Å². The fraction of sp³-hybridized carbons (Fsp3) is 0.259. The number of rotatable bonds is 5. The van der Waals surface area contributed by atoms with E-state index in [0.29, 0.717) is 6.01 Å². The molecule has 5 heteroatoms. The fourth-order valence-corrected chi connectivity index (χ4v) is 4.34. The molecule has 1 fully saturated rings. The second kappa shape index (κ2) is 8.87. The Labute approximate surface area is 188 Å². The zero-order valence-electron chi connectivity index (χ0n) is 18.2. The summed E-state index contributed by atoms with van der Waals surface area (Å²) in [7, 11) is 0. The highest BCUT2D eigenvalue weighted by molar-refractivity contribution is 5.79. The Kier molecular flexibility index (Phi) is 5.63. The van der Waals surface area contributed by atoms with Gasteiger partial charge in [0, 0.05) is 19.0 Å². The maximum atomic E-state index is 12.9. The van der Waals surface area contributed by atoms with E-state index in [1.165, 1.54) is 11.1 Å². The Hall–Kier alpha value is -3.60. The summed E-state index contributed by atoms with van der Waals surface area (Å²) in [6.07, 6.45) is 1.59. The number of anilines is 1. The van der Waals surface area contributed by atoms with Crippen molar-refractivity contribution in [3.8, 4) is 11.1 Å².